The summed E-state index contributed by atoms with van der Waals surface area (Å²) in [5.74, 6) is 0. The number of hydrogen-bond acceptors (Lipinski definition) is 2. The molecule has 0 saturated carbocycles. The first-order valence-corrected chi connectivity index (χ1v) is 7.54. The summed E-state index contributed by atoms with van der Waals surface area (Å²) in [7, 11) is -0.107. The quantitative estimate of drug-likeness (QED) is 0.406. The molecule has 0 aliphatic carbocycles. The van der Waals surface area contributed by atoms with Gasteiger partial charge in [-0.15, -0.1) is 0 Å². The van der Waals surface area contributed by atoms with Crippen LogP contribution in [0.15, 0.2) is 30.3 Å². The van der Waals surface area contributed by atoms with Crippen LogP contribution in [0.1, 0.15) is 13.8 Å². The number of nitrogens with zero attached hydrogens (tertiary/aromatic N) is 1. The third-order valence-electron chi connectivity index (χ3n) is 2.66. The van der Waals surface area contributed by atoms with E-state index in [1.807, 2.05) is 0 Å². The van der Waals surface area contributed by atoms with Crippen LogP contribution in [0, 0.1) is 0 Å². The Balaban J connectivity index is 2.12. The minimum Gasteiger partial charge on any atom is -0.307 e. The zero-order valence-electron chi connectivity index (χ0n) is 9.87. The van der Waals surface area contributed by atoms with Gasteiger partial charge in [0, 0.05) is 6.67 Å². The van der Waals surface area contributed by atoms with Crippen LogP contribution in [0.2, 0.25) is 0 Å². The molecule has 0 radical (unpaired) electrons. The van der Waals surface area contributed by atoms with E-state index in [0.717, 1.165) is 19.8 Å². The molecule has 1 N–H and O–H groups in total. The van der Waals surface area contributed by atoms with Crippen molar-refractivity contribution in [2.24, 2.45) is 0 Å². The molecule has 0 heterocycles. The minimum atomic E-state index is -0.107. The van der Waals surface area contributed by atoms with Crippen molar-refractivity contribution in [3.63, 3.8) is 0 Å². The van der Waals surface area contributed by atoms with Gasteiger partial charge in [0.25, 0.3) is 0 Å². The Morgan fingerprint density at radius 2 is 1.80 bits per heavy atom. The number of benzene rings is 1. The Morgan fingerprint density at radius 1 is 1.13 bits per heavy atom. The van der Waals surface area contributed by atoms with E-state index in [1.165, 1.54) is 6.17 Å². The Hall–Kier alpha value is -0.643. The third-order valence-corrected chi connectivity index (χ3v) is 4.32. The highest BCUT2D eigenvalue weighted by atomic mass is 28.2. The SMILES string of the molecule is CCN(CC)CNC[SiH2]c1ccccc1. The van der Waals surface area contributed by atoms with E-state index in [2.05, 4.69) is 54.4 Å². The van der Waals surface area contributed by atoms with Crippen LogP contribution in [0.5, 0.6) is 0 Å². The number of rotatable bonds is 7. The second-order valence-corrected chi connectivity index (χ2v) is 5.51. The van der Waals surface area contributed by atoms with Crippen molar-refractivity contribution in [3.05, 3.63) is 30.3 Å². The fraction of sp³-hybridized carbons (Fsp3) is 0.500. The standard InChI is InChI=1S/C12H22N2Si/c1-3-14(4-2)10-13-11-15-12-8-6-5-7-9-12/h5-9,13H,3-4,10-11,15H2,1-2H3. The minimum absolute atomic E-state index is 0.107. The highest BCUT2D eigenvalue weighted by Crippen LogP contribution is 1.83. The molecule has 3 heteroatoms. The molecular weight excluding hydrogens is 200 g/mol. The van der Waals surface area contributed by atoms with Crippen LogP contribution >= 0.6 is 0 Å². The summed E-state index contributed by atoms with van der Waals surface area (Å²) in [6.07, 6.45) is 1.19. The molecule has 2 nitrogen and oxygen atoms in total. The molecule has 1 aromatic carbocycles. The molecule has 0 aliphatic heterocycles. The van der Waals surface area contributed by atoms with E-state index in [0.29, 0.717) is 0 Å². The fourth-order valence-corrected chi connectivity index (χ4v) is 2.79. The van der Waals surface area contributed by atoms with Crippen LogP contribution in [-0.4, -0.2) is 40.3 Å². The van der Waals surface area contributed by atoms with Gasteiger partial charge in [-0.2, -0.15) is 0 Å². The van der Waals surface area contributed by atoms with Gasteiger partial charge in [-0.25, -0.2) is 0 Å². The zero-order valence-corrected chi connectivity index (χ0v) is 11.3. The van der Waals surface area contributed by atoms with E-state index in [-0.39, 0.29) is 9.52 Å². The maximum Gasteiger partial charge on any atom is 0.0701 e. The first-order chi connectivity index (χ1) is 7.36. The lowest BCUT2D eigenvalue weighted by atomic mass is 10.4. The lowest BCUT2D eigenvalue weighted by molar-refractivity contribution is 0.286. The predicted octanol–water partition coefficient (Wildman–Crippen LogP) is 0.327. The Kier molecular flexibility index (Phi) is 6.32. The summed E-state index contributed by atoms with van der Waals surface area (Å²) < 4.78 is 0. The molecule has 0 saturated heterocycles. The number of nitrogens with one attached hydrogen (secondary N) is 1. The van der Waals surface area contributed by atoms with Crippen LogP contribution < -0.4 is 10.5 Å². The second kappa shape index (κ2) is 7.62. The monoisotopic (exact) mass is 222 g/mol. The molecule has 0 atom stereocenters. The van der Waals surface area contributed by atoms with Gasteiger partial charge >= 0.3 is 0 Å². The summed E-state index contributed by atoms with van der Waals surface area (Å²) in [6, 6.07) is 10.8. The molecule has 0 aromatic heterocycles. The summed E-state index contributed by atoms with van der Waals surface area (Å²) in [5.41, 5.74) is 0. The van der Waals surface area contributed by atoms with Crippen molar-refractivity contribution >= 4 is 14.7 Å². The van der Waals surface area contributed by atoms with E-state index in [4.69, 9.17) is 0 Å². The number of hydrogen-bond donors (Lipinski definition) is 1. The molecule has 15 heavy (non-hydrogen) atoms. The van der Waals surface area contributed by atoms with Gasteiger partial charge in [0.1, 0.15) is 0 Å². The van der Waals surface area contributed by atoms with Gasteiger partial charge < -0.3 is 5.32 Å². The summed E-state index contributed by atoms with van der Waals surface area (Å²) >= 11 is 0. The van der Waals surface area contributed by atoms with Crippen molar-refractivity contribution in [3.8, 4) is 0 Å². The smallest absolute Gasteiger partial charge is 0.0701 e. The summed E-state index contributed by atoms with van der Waals surface area (Å²) in [6.45, 7) is 7.72. The molecule has 0 unspecified atom stereocenters. The average Bonchev–Trinajstić information content (AvgIpc) is 2.31. The highest BCUT2D eigenvalue weighted by Gasteiger charge is 1.97. The Bertz CT molecular complexity index is 247. The van der Waals surface area contributed by atoms with Gasteiger partial charge in [0.05, 0.1) is 9.52 Å². The topological polar surface area (TPSA) is 15.3 Å². The molecule has 0 fully saturated rings. The van der Waals surface area contributed by atoms with Gasteiger partial charge in [-0.3, -0.25) is 4.90 Å². The van der Waals surface area contributed by atoms with E-state index in [1.54, 1.807) is 5.19 Å². The normalized spacial score (nSPS) is 11.7. The molecule has 0 bridgehead atoms. The molecule has 84 valence electrons. The maximum atomic E-state index is 3.52. The Morgan fingerprint density at radius 3 is 2.40 bits per heavy atom. The van der Waals surface area contributed by atoms with Gasteiger partial charge in [-0.1, -0.05) is 49.4 Å². The van der Waals surface area contributed by atoms with Gasteiger partial charge in [0.15, 0.2) is 0 Å². The third kappa shape index (κ3) is 5.11. The first-order valence-electron chi connectivity index (χ1n) is 5.83. The van der Waals surface area contributed by atoms with Crippen molar-refractivity contribution in [2.75, 3.05) is 25.9 Å². The van der Waals surface area contributed by atoms with Gasteiger partial charge in [-0.05, 0) is 19.3 Å². The molecule has 0 spiro atoms. The lowest BCUT2D eigenvalue weighted by Crippen LogP contribution is -2.37. The molecule has 0 aliphatic rings. The average molecular weight is 222 g/mol. The molecular formula is C12H22N2Si. The highest BCUT2D eigenvalue weighted by molar-refractivity contribution is 6.53. The molecule has 1 aromatic rings. The van der Waals surface area contributed by atoms with Crippen molar-refractivity contribution < 1.29 is 0 Å². The van der Waals surface area contributed by atoms with Crippen LogP contribution in [-0.2, 0) is 0 Å². The largest absolute Gasteiger partial charge is 0.307 e. The van der Waals surface area contributed by atoms with E-state index < -0.39 is 0 Å². The predicted molar refractivity (Wildman–Crippen MR) is 70.4 cm³/mol. The summed E-state index contributed by atoms with van der Waals surface area (Å²) in [5, 5.41) is 5.07. The van der Waals surface area contributed by atoms with Crippen molar-refractivity contribution in [2.45, 2.75) is 13.8 Å². The Labute approximate surface area is 95.5 Å². The second-order valence-electron chi connectivity index (χ2n) is 3.70. The van der Waals surface area contributed by atoms with Crippen LogP contribution in [0.3, 0.4) is 0 Å². The zero-order chi connectivity index (χ0) is 10.9. The van der Waals surface area contributed by atoms with Gasteiger partial charge in [0.2, 0.25) is 0 Å². The van der Waals surface area contributed by atoms with E-state index in [9.17, 15) is 0 Å². The van der Waals surface area contributed by atoms with Crippen molar-refractivity contribution in [1.82, 2.24) is 10.2 Å². The van der Waals surface area contributed by atoms with Crippen LogP contribution in [0.25, 0.3) is 0 Å². The van der Waals surface area contributed by atoms with Crippen molar-refractivity contribution in [1.29, 1.82) is 0 Å². The maximum absolute atomic E-state index is 3.52. The summed E-state index contributed by atoms with van der Waals surface area (Å²) in [4.78, 5) is 2.40. The van der Waals surface area contributed by atoms with E-state index >= 15 is 0 Å². The van der Waals surface area contributed by atoms with Crippen LogP contribution in [0.4, 0.5) is 0 Å². The molecule has 1 rings (SSSR count). The fourth-order valence-electron chi connectivity index (χ4n) is 1.56. The molecule has 0 amide bonds. The lowest BCUT2D eigenvalue weighted by Gasteiger charge is -2.18. The first kappa shape index (κ1) is 12.4.